The number of piperidine rings is 2. The van der Waals surface area contributed by atoms with Crippen molar-refractivity contribution in [2.24, 2.45) is 0 Å². The number of alkyl halides is 6. The van der Waals surface area contributed by atoms with Gasteiger partial charge in [-0.25, -0.2) is 30.2 Å². The molecule has 0 radical (unpaired) electrons. The van der Waals surface area contributed by atoms with Crippen LogP contribution in [0.15, 0.2) is 48.5 Å². The van der Waals surface area contributed by atoms with Gasteiger partial charge in [-0.2, -0.15) is 0 Å². The van der Waals surface area contributed by atoms with Crippen LogP contribution in [0.2, 0.25) is 0 Å². The van der Waals surface area contributed by atoms with Crippen molar-refractivity contribution in [3.05, 3.63) is 59.7 Å². The number of hydrogen-bond acceptors (Lipinski definition) is 12. The second kappa shape index (κ2) is 23.1. The van der Waals surface area contributed by atoms with Crippen LogP contribution in [0.3, 0.4) is 0 Å². The van der Waals surface area contributed by atoms with Crippen molar-refractivity contribution in [1.82, 2.24) is 8.61 Å². The Morgan fingerprint density at radius 3 is 1.30 bits per heavy atom. The van der Waals surface area contributed by atoms with Gasteiger partial charge in [0.2, 0.25) is 20.0 Å². The van der Waals surface area contributed by atoms with Crippen LogP contribution < -0.4 is 9.47 Å². The van der Waals surface area contributed by atoms with Gasteiger partial charge in [-0.1, -0.05) is 31.7 Å². The summed E-state index contributed by atoms with van der Waals surface area (Å²) < 4.78 is 149. The van der Waals surface area contributed by atoms with Gasteiger partial charge < -0.3 is 28.4 Å². The van der Waals surface area contributed by atoms with Gasteiger partial charge in [-0.15, -0.1) is 26.3 Å². The first kappa shape index (κ1) is 50.6. The molecule has 23 heteroatoms. The summed E-state index contributed by atoms with van der Waals surface area (Å²) in [4.78, 5) is 20.5. The summed E-state index contributed by atoms with van der Waals surface area (Å²) in [6.45, 7) is 1.73. The predicted molar refractivity (Wildman–Crippen MR) is 191 cm³/mol. The van der Waals surface area contributed by atoms with Gasteiger partial charge in [-0.3, -0.25) is 4.79 Å². The fourth-order valence-electron chi connectivity index (χ4n) is 4.91. The van der Waals surface area contributed by atoms with E-state index in [-0.39, 0.29) is 57.4 Å². The molecule has 2 aromatic carbocycles. The third-order valence-electron chi connectivity index (χ3n) is 7.64. The maximum Gasteiger partial charge on any atom is 0.573 e. The van der Waals surface area contributed by atoms with Crippen LogP contribution in [-0.4, -0.2) is 114 Å². The molecule has 2 aliphatic rings. The van der Waals surface area contributed by atoms with Crippen molar-refractivity contribution in [3.63, 3.8) is 0 Å². The van der Waals surface area contributed by atoms with Crippen LogP contribution in [0.1, 0.15) is 44.2 Å². The number of ether oxygens (including phenoxy) is 6. The highest BCUT2D eigenvalue weighted by atomic mass is 35.5. The summed E-state index contributed by atoms with van der Waals surface area (Å²) in [5.41, 5.74) is 0.625. The number of rotatable bonds is 12. The zero-order valence-corrected chi connectivity index (χ0v) is 32.2. The molecule has 2 aliphatic heterocycles. The third-order valence-corrected chi connectivity index (χ3v) is 10.8. The van der Waals surface area contributed by atoms with Gasteiger partial charge >= 0.3 is 24.1 Å². The van der Waals surface area contributed by atoms with E-state index in [0.29, 0.717) is 44.3 Å². The fraction of sp³-hybridized carbons (Fsp3) is 0.576. The number of methoxy groups -OCH3 is 2. The lowest BCUT2D eigenvalue weighted by atomic mass is 10.1. The van der Waals surface area contributed by atoms with Gasteiger partial charge in [-0.05, 0) is 61.1 Å². The smallest absolute Gasteiger partial charge is 0.468 e. The van der Waals surface area contributed by atoms with E-state index in [1.165, 1.54) is 70.5 Å². The standard InChI is InChI=1S/C16H20F3NO6S.C14H18F3NO4S.C2H3ClO2.CH4/c1-24-15(21)11-27(22,23)20-8-6-13(7-9-20)25-10-12-2-4-14(5-3-12)26-16(17,18)19;1-23(19,20)18-8-6-12(7-9-18)21-10-11-2-4-13(5-3-11)22-14(15,16)17;1-5-2(3)4;/h2-5,13H,6-11H2,1H3;2-5,12H,6-10H2,1H3;1H3;1H4. The van der Waals surface area contributed by atoms with E-state index in [4.69, 9.17) is 9.47 Å². The van der Waals surface area contributed by atoms with Crippen molar-refractivity contribution < 1.29 is 81.2 Å². The number of carbonyl (C=O) groups is 2. The van der Waals surface area contributed by atoms with E-state index >= 15 is 0 Å². The Morgan fingerprint density at radius 1 is 0.679 bits per heavy atom. The average molecular weight is 875 g/mol. The number of hydrogen-bond donors (Lipinski definition) is 0. The number of esters is 1. The minimum atomic E-state index is -4.74. The van der Waals surface area contributed by atoms with Crippen LogP contribution >= 0.6 is 11.6 Å². The van der Waals surface area contributed by atoms with Crippen molar-refractivity contribution in [1.29, 1.82) is 0 Å². The van der Waals surface area contributed by atoms with E-state index in [9.17, 15) is 52.8 Å². The molecule has 320 valence electrons. The second-order valence-electron chi connectivity index (χ2n) is 11.7. The SMILES string of the molecule is C.COC(=O)CS(=O)(=O)N1CCC(OCc2ccc(OC(F)(F)F)cc2)CC1.COC(=O)Cl.CS(=O)(=O)N1CCC(OCc2ccc(OC(F)(F)F)cc2)CC1. The molecule has 0 bridgehead atoms. The fourth-order valence-corrected chi connectivity index (χ4v) is 7.15. The normalized spacial score (nSPS) is 16.2. The maximum atomic E-state index is 12.1. The summed E-state index contributed by atoms with van der Waals surface area (Å²) in [5.74, 6) is -2.09. The molecule has 2 saturated heterocycles. The Labute approximate surface area is 327 Å². The average Bonchev–Trinajstić information content (AvgIpc) is 3.10. The number of halogens is 7. The molecule has 0 amide bonds. The molecule has 0 N–H and O–H groups in total. The molecule has 4 rings (SSSR count). The summed E-state index contributed by atoms with van der Waals surface area (Å²) in [6.07, 6.45) is -6.39. The van der Waals surface area contributed by atoms with E-state index in [1.54, 1.807) is 0 Å². The Bertz CT molecular complexity index is 1700. The highest BCUT2D eigenvalue weighted by Crippen LogP contribution is 2.25. The molecule has 2 aromatic rings. The van der Waals surface area contributed by atoms with Crippen molar-refractivity contribution in [3.8, 4) is 11.5 Å². The van der Waals surface area contributed by atoms with Gasteiger partial charge in [0.15, 0.2) is 5.75 Å². The number of nitrogens with zero attached hydrogens (tertiary/aromatic N) is 2. The summed E-state index contributed by atoms with van der Waals surface area (Å²) in [5, 5.41) is 0. The Balaban J connectivity index is 0.000000496. The maximum absolute atomic E-state index is 12.1. The Morgan fingerprint density at radius 2 is 1.02 bits per heavy atom. The molecule has 0 aromatic heterocycles. The minimum Gasteiger partial charge on any atom is -0.468 e. The van der Waals surface area contributed by atoms with Gasteiger partial charge in [0.1, 0.15) is 11.5 Å². The van der Waals surface area contributed by atoms with Gasteiger partial charge in [0, 0.05) is 37.8 Å². The second-order valence-corrected chi connectivity index (χ2v) is 16.0. The van der Waals surface area contributed by atoms with Crippen molar-refractivity contribution in [2.75, 3.05) is 52.4 Å². The lowest BCUT2D eigenvalue weighted by Crippen LogP contribution is -2.43. The molecule has 56 heavy (non-hydrogen) atoms. The molecule has 2 fully saturated rings. The molecule has 0 unspecified atom stereocenters. The summed E-state index contributed by atoms with van der Waals surface area (Å²) in [7, 11) is -4.53. The van der Waals surface area contributed by atoms with E-state index in [1.807, 2.05) is 0 Å². The number of benzene rings is 2. The van der Waals surface area contributed by atoms with Crippen LogP contribution in [-0.2, 0) is 57.0 Å². The highest BCUT2D eigenvalue weighted by Gasteiger charge is 2.33. The summed E-state index contributed by atoms with van der Waals surface area (Å²) in [6, 6.07) is 10.8. The first-order chi connectivity index (χ1) is 25.5. The van der Waals surface area contributed by atoms with Crippen molar-refractivity contribution >= 4 is 43.0 Å². The van der Waals surface area contributed by atoms with E-state index in [2.05, 4.69) is 30.5 Å². The van der Waals surface area contributed by atoms with Gasteiger partial charge in [0.05, 0.1) is 45.9 Å². The number of sulfonamides is 2. The molecule has 0 saturated carbocycles. The monoisotopic (exact) mass is 874 g/mol. The minimum absolute atomic E-state index is 0. The van der Waals surface area contributed by atoms with E-state index in [0.717, 1.165) is 12.7 Å². The Kier molecular flexibility index (Phi) is 20.9. The van der Waals surface area contributed by atoms with Crippen LogP contribution in [0.5, 0.6) is 11.5 Å². The lowest BCUT2D eigenvalue weighted by Gasteiger charge is -2.30. The molecule has 0 atom stereocenters. The Hall–Kier alpha value is -3.41. The quantitative estimate of drug-likeness (QED) is 0.135. The van der Waals surface area contributed by atoms with Crippen molar-refractivity contribution in [2.45, 2.75) is 71.3 Å². The largest absolute Gasteiger partial charge is 0.573 e. The highest BCUT2D eigenvalue weighted by molar-refractivity contribution is 7.89. The van der Waals surface area contributed by atoms with Crippen LogP contribution in [0, 0.1) is 0 Å². The number of carbonyl (C=O) groups excluding carboxylic acids is 2. The summed E-state index contributed by atoms with van der Waals surface area (Å²) >= 11 is 4.60. The van der Waals surface area contributed by atoms with Crippen LogP contribution in [0.25, 0.3) is 0 Å². The zero-order chi connectivity index (χ0) is 41.5. The molecule has 2 heterocycles. The molecule has 0 spiro atoms. The molecular weight excluding hydrogens is 830 g/mol. The molecule has 14 nitrogen and oxygen atoms in total. The lowest BCUT2D eigenvalue weighted by molar-refractivity contribution is -0.275. The first-order valence-electron chi connectivity index (χ1n) is 16.2. The topological polar surface area (TPSA) is 164 Å². The third kappa shape index (κ3) is 20.7. The van der Waals surface area contributed by atoms with E-state index < -0.39 is 49.9 Å². The van der Waals surface area contributed by atoms with Crippen LogP contribution in [0.4, 0.5) is 31.1 Å². The first-order valence-corrected chi connectivity index (χ1v) is 20.0. The zero-order valence-electron chi connectivity index (χ0n) is 29.8. The molecule has 0 aliphatic carbocycles. The predicted octanol–water partition coefficient (Wildman–Crippen LogP) is 6.22. The molecular formula is C33H45ClF6N2O12S2. The van der Waals surface area contributed by atoms with Gasteiger partial charge in [0.25, 0.3) is 0 Å².